The lowest BCUT2D eigenvalue weighted by Gasteiger charge is -2.13. The minimum atomic E-state index is 0.0427. The zero-order valence-electron chi connectivity index (χ0n) is 9.41. The molecule has 2 N–H and O–H groups in total. The Balaban J connectivity index is 2.20. The Morgan fingerprint density at radius 3 is 2.65 bits per heavy atom. The first-order valence-electron chi connectivity index (χ1n) is 5.31. The summed E-state index contributed by atoms with van der Waals surface area (Å²) in [6.45, 7) is 2.09. The Hall–Kier alpha value is -0.160. The number of hydrogen-bond donors (Lipinski definition) is 1. The van der Waals surface area contributed by atoms with Gasteiger partial charge in [-0.2, -0.15) is 0 Å². The van der Waals surface area contributed by atoms with Gasteiger partial charge in [-0.25, -0.2) is 0 Å². The van der Waals surface area contributed by atoms with E-state index in [1.165, 1.54) is 16.0 Å². The summed E-state index contributed by atoms with van der Waals surface area (Å²) in [4.78, 5) is 1.30. The molecule has 0 fully saturated rings. The van der Waals surface area contributed by atoms with Gasteiger partial charge in [0.05, 0.1) is 0 Å². The van der Waals surface area contributed by atoms with Crippen LogP contribution in [0, 0.1) is 6.92 Å². The van der Waals surface area contributed by atoms with E-state index in [4.69, 9.17) is 5.73 Å². The fourth-order valence-corrected chi connectivity index (χ4v) is 3.97. The average molecular weight is 375 g/mol. The van der Waals surface area contributed by atoms with Crippen LogP contribution in [0.1, 0.15) is 22.0 Å². The van der Waals surface area contributed by atoms with Crippen molar-refractivity contribution in [3.63, 3.8) is 0 Å². The molecule has 90 valence electrons. The molecule has 2 rings (SSSR count). The zero-order chi connectivity index (χ0) is 12.4. The first-order valence-corrected chi connectivity index (χ1v) is 7.77. The lowest BCUT2D eigenvalue weighted by Crippen LogP contribution is -2.13. The molecule has 0 radical (unpaired) electrons. The number of hydrogen-bond acceptors (Lipinski definition) is 2. The van der Waals surface area contributed by atoms with Gasteiger partial charge in [0.15, 0.2) is 0 Å². The molecule has 1 atom stereocenters. The van der Waals surface area contributed by atoms with Crippen LogP contribution >= 0.6 is 43.2 Å². The van der Waals surface area contributed by atoms with Crippen molar-refractivity contribution in [1.29, 1.82) is 0 Å². The minimum Gasteiger partial charge on any atom is -0.324 e. The summed E-state index contributed by atoms with van der Waals surface area (Å²) in [6.07, 6.45) is 0.869. The minimum absolute atomic E-state index is 0.0427. The predicted molar refractivity (Wildman–Crippen MR) is 81.5 cm³/mol. The maximum atomic E-state index is 6.26. The van der Waals surface area contributed by atoms with Gasteiger partial charge in [0, 0.05) is 26.3 Å². The summed E-state index contributed by atoms with van der Waals surface area (Å²) in [6, 6.07) is 8.45. The van der Waals surface area contributed by atoms with Gasteiger partial charge in [-0.15, -0.1) is 11.3 Å². The third-order valence-corrected chi connectivity index (χ3v) is 5.00. The topological polar surface area (TPSA) is 26.0 Å². The highest BCUT2D eigenvalue weighted by molar-refractivity contribution is 9.10. The van der Waals surface area contributed by atoms with E-state index in [0.29, 0.717) is 0 Å². The summed E-state index contributed by atoms with van der Waals surface area (Å²) in [7, 11) is 0. The highest BCUT2D eigenvalue weighted by Gasteiger charge is 2.11. The fraction of sp³-hybridized carbons (Fsp3) is 0.231. The standard InChI is InChI=1S/C13H13Br2NS/c1-8-4-9(6-10(14)5-8)12(16)7-13-11(15)2-3-17-13/h2-6,12H,7,16H2,1H3. The second-order valence-electron chi connectivity index (χ2n) is 4.06. The summed E-state index contributed by atoms with van der Waals surface area (Å²) in [5.74, 6) is 0. The molecule has 17 heavy (non-hydrogen) atoms. The Bertz CT molecular complexity index is 502. The molecule has 1 unspecified atom stereocenters. The molecule has 0 amide bonds. The van der Waals surface area contributed by atoms with Gasteiger partial charge in [-0.1, -0.05) is 22.0 Å². The van der Waals surface area contributed by atoms with Crippen molar-refractivity contribution in [3.05, 3.63) is 54.6 Å². The van der Waals surface area contributed by atoms with E-state index >= 15 is 0 Å². The third kappa shape index (κ3) is 3.41. The molecule has 0 bridgehead atoms. The van der Waals surface area contributed by atoms with E-state index in [9.17, 15) is 0 Å². The van der Waals surface area contributed by atoms with E-state index in [2.05, 4.69) is 68.4 Å². The molecule has 0 aliphatic rings. The summed E-state index contributed by atoms with van der Waals surface area (Å²) < 4.78 is 2.25. The highest BCUT2D eigenvalue weighted by Crippen LogP contribution is 2.28. The Morgan fingerprint density at radius 2 is 2.06 bits per heavy atom. The van der Waals surface area contributed by atoms with Crippen molar-refractivity contribution in [2.75, 3.05) is 0 Å². The highest BCUT2D eigenvalue weighted by atomic mass is 79.9. The van der Waals surface area contributed by atoms with Crippen LogP contribution in [-0.4, -0.2) is 0 Å². The Morgan fingerprint density at radius 1 is 1.29 bits per heavy atom. The van der Waals surface area contributed by atoms with E-state index in [-0.39, 0.29) is 6.04 Å². The molecule has 0 spiro atoms. The molecular weight excluding hydrogens is 362 g/mol. The Labute approximate surface area is 122 Å². The van der Waals surface area contributed by atoms with Gasteiger partial charge in [-0.3, -0.25) is 0 Å². The molecule has 0 saturated carbocycles. The third-order valence-electron chi connectivity index (χ3n) is 2.59. The second-order valence-corrected chi connectivity index (χ2v) is 6.83. The van der Waals surface area contributed by atoms with E-state index in [1.807, 2.05) is 0 Å². The van der Waals surface area contributed by atoms with Gasteiger partial charge in [0.25, 0.3) is 0 Å². The van der Waals surface area contributed by atoms with Crippen molar-refractivity contribution in [3.8, 4) is 0 Å². The summed E-state index contributed by atoms with van der Waals surface area (Å²) in [5.41, 5.74) is 8.67. The first kappa shape index (κ1) is 13.3. The monoisotopic (exact) mass is 373 g/mol. The van der Waals surface area contributed by atoms with Gasteiger partial charge in [-0.05, 0) is 57.6 Å². The lowest BCUT2D eigenvalue weighted by atomic mass is 10.0. The van der Waals surface area contributed by atoms with Gasteiger partial charge >= 0.3 is 0 Å². The maximum Gasteiger partial charge on any atom is 0.0344 e. The normalized spacial score (nSPS) is 12.7. The zero-order valence-corrected chi connectivity index (χ0v) is 13.4. The van der Waals surface area contributed by atoms with Crippen LogP contribution in [0.3, 0.4) is 0 Å². The molecule has 0 saturated heterocycles. The van der Waals surface area contributed by atoms with Crippen molar-refractivity contribution >= 4 is 43.2 Å². The lowest BCUT2D eigenvalue weighted by molar-refractivity contribution is 0.727. The first-order chi connectivity index (χ1) is 8.06. The predicted octanol–water partition coefficient (Wildman–Crippen LogP) is 4.82. The molecule has 4 heteroatoms. The average Bonchev–Trinajstić information content (AvgIpc) is 2.63. The summed E-state index contributed by atoms with van der Waals surface area (Å²) >= 11 is 8.80. The number of thiophene rings is 1. The van der Waals surface area contributed by atoms with Gasteiger partial charge in [0.2, 0.25) is 0 Å². The fourth-order valence-electron chi connectivity index (χ4n) is 1.77. The van der Waals surface area contributed by atoms with Crippen molar-refractivity contribution < 1.29 is 0 Å². The smallest absolute Gasteiger partial charge is 0.0344 e. The van der Waals surface area contributed by atoms with Crippen LogP contribution in [0.2, 0.25) is 0 Å². The van der Waals surface area contributed by atoms with E-state index in [1.54, 1.807) is 11.3 Å². The van der Waals surface area contributed by atoms with Crippen LogP contribution in [0.5, 0.6) is 0 Å². The van der Waals surface area contributed by atoms with Crippen LogP contribution < -0.4 is 5.73 Å². The SMILES string of the molecule is Cc1cc(Br)cc(C(N)Cc2sccc2Br)c1. The van der Waals surface area contributed by atoms with Gasteiger partial charge in [0.1, 0.15) is 0 Å². The van der Waals surface area contributed by atoms with E-state index < -0.39 is 0 Å². The maximum absolute atomic E-state index is 6.26. The number of rotatable bonds is 3. The second kappa shape index (κ2) is 5.65. The van der Waals surface area contributed by atoms with Crippen LogP contribution in [0.15, 0.2) is 38.6 Å². The van der Waals surface area contributed by atoms with Crippen molar-refractivity contribution in [1.82, 2.24) is 0 Å². The van der Waals surface area contributed by atoms with E-state index in [0.717, 1.165) is 15.4 Å². The molecule has 1 nitrogen and oxygen atoms in total. The van der Waals surface area contributed by atoms with Crippen LogP contribution in [0.25, 0.3) is 0 Å². The van der Waals surface area contributed by atoms with Crippen LogP contribution in [0.4, 0.5) is 0 Å². The molecule has 1 aromatic heterocycles. The van der Waals surface area contributed by atoms with Crippen LogP contribution in [-0.2, 0) is 6.42 Å². The molecule has 0 aliphatic carbocycles. The van der Waals surface area contributed by atoms with Crippen molar-refractivity contribution in [2.45, 2.75) is 19.4 Å². The number of nitrogens with two attached hydrogens (primary N) is 1. The van der Waals surface area contributed by atoms with Crippen molar-refractivity contribution in [2.24, 2.45) is 5.73 Å². The summed E-state index contributed by atoms with van der Waals surface area (Å²) in [5, 5.41) is 2.08. The molecule has 2 aromatic rings. The largest absolute Gasteiger partial charge is 0.324 e. The number of aryl methyl sites for hydroxylation is 1. The van der Waals surface area contributed by atoms with Gasteiger partial charge < -0.3 is 5.73 Å². The molecular formula is C13H13Br2NS. The Kier molecular flexibility index (Phi) is 4.42. The quantitative estimate of drug-likeness (QED) is 0.818. The molecule has 1 aromatic carbocycles. The molecule has 1 heterocycles. The number of benzene rings is 1. The number of halogens is 2. The molecule has 0 aliphatic heterocycles.